The Kier molecular flexibility index (Phi) is 5.55. The second-order valence-corrected chi connectivity index (χ2v) is 4.56. The molecule has 0 aromatic heterocycles. The molecular formula is C16H23N. The first-order chi connectivity index (χ1) is 8.21. The Balaban J connectivity index is 2.78. The van der Waals surface area contributed by atoms with Gasteiger partial charge in [0, 0.05) is 0 Å². The van der Waals surface area contributed by atoms with E-state index in [4.69, 9.17) is 5.73 Å². The third-order valence-corrected chi connectivity index (χ3v) is 3.27. The number of allylic oxidation sites excluding steroid dienone is 8. The van der Waals surface area contributed by atoms with Crippen LogP contribution in [0.3, 0.4) is 0 Å². The standard InChI is InChI=1S/C16H23N/c1-4-6-14(7-5-2)10-16-11-15(12-17)9-8-13(16)3/h4-8,12,16H,1,9-11,17H2,2-3H3/b7-5-,14-6+,15-12-. The molecule has 0 radical (unpaired) electrons. The molecule has 0 saturated heterocycles. The van der Waals surface area contributed by atoms with Crippen molar-refractivity contribution < 1.29 is 0 Å². The van der Waals surface area contributed by atoms with Gasteiger partial charge in [-0.15, -0.1) is 0 Å². The molecule has 1 nitrogen and oxygen atoms in total. The van der Waals surface area contributed by atoms with Crippen LogP contribution in [0.4, 0.5) is 0 Å². The van der Waals surface area contributed by atoms with Crippen LogP contribution < -0.4 is 5.73 Å². The van der Waals surface area contributed by atoms with E-state index in [1.54, 1.807) is 6.20 Å². The average Bonchev–Trinajstić information content (AvgIpc) is 2.32. The molecule has 17 heavy (non-hydrogen) atoms. The highest BCUT2D eigenvalue weighted by Crippen LogP contribution is 2.32. The number of rotatable bonds is 4. The third kappa shape index (κ3) is 4.10. The van der Waals surface area contributed by atoms with Crippen LogP contribution in [0, 0.1) is 5.92 Å². The molecule has 0 heterocycles. The fraction of sp³-hybridized carbons (Fsp3) is 0.375. The second-order valence-electron chi connectivity index (χ2n) is 4.56. The minimum absolute atomic E-state index is 0.584. The second kappa shape index (κ2) is 6.95. The first kappa shape index (κ1) is 13.6. The summed E-state index contributed by atoms with van der Waals surface area (Å²) in [6.45, 7) is 8.04. The quantitative estimate of drug-likeness (QED) is 0.565. The van der Waals surface area contributed by atoms with Crippen molar-refractivity contribution in [2.45, 2.75) is 33.1 Å². The molecule has 0 aromatic rings. The Morgan fingerprint density at radius 1 is 1.59 bits per heavy atom. The summed E-state index contributed by atoms with van der Waals surface area (Å²) in [5.41, 5.74) is 9.78. The van der Waals surface area contributed by atoms with E-state index in [0.717, 1.165) is 19.3 Å². The predicted molar refractivity (Wildman–Crippen MR) is 76.5 cm³/mol. The van der Waals surface area contributed by atoms with Gasteiger partial charge in [0.05, 0.1) is 0 Å². The molecular weight excluding hydrogens is 206 g/mol. The Hall–Kier alpha value is -1.50. The lowest BCUT2D eigenvalue weighted by Crippen LogP contribution is -2.10. The Bertz CT molecular complexity index is 380. The molecule has 0 bridgehead atoms. The van der Waals surface area contributed by atoms with Gasteiger partial charge in [-0.3, -0.25) is 0 Å². The number of hydrogen-bond donors (Lipinski definition) is 1. The number of nitrogens with two attached hydrogens (primary N) is 1. The van der Waals surface area contributed by atoms with E-state index < -0.39 is 0 Å². The zero-order valence-corrected chi connectivity index (χ0v) is 10.9. The summed E-state index contributed by atoms with van der Waals surface area (Å²) in [4.78, 5) is 0. The lowest BCUT2D eigenvalue weighted by Gasteiger charge is -2.24. The highest BCUT2D eigenvalue weighted by Gasteiger charge is 2.17. The molecule has 0 saturated carbocycles. The summed E-state index contributed by atoms with van der Waals surface area (Å²) in [5, 5.41) is 0. The van der Waals surface area contributed by atoms with Gasteiger partial charge in [0.15, 0.2) is 0 Å². The highest BCUT2D eigenvalue weighted by atomic mass is 14.5. The summed E-state index contributed by atoms with van der Waals surface area (Å²) in [5.74, 6) is 0.584. The molecule has 2 N–H and O–H groups in total. The molecule has 92 valence electrons. The normalized spacial score (nSPS) is 24.1. The van der Waals surface area contributed by atoms with Crippen molar-refractivity contribution in [1.29, 1.82) is 0 Å². The maximum atomic E-state index is 5.62. The molecule has 1 aliphatic carbocycles. The van der Waals surface area contributed by atoms with Gasteiger partial charge in [-0.25, -0.2) is 0 Å². The molecule has 0 aliphatic heterocycles. The van der Waals surface area contributed by atoms with Crippen LogP contribution in [0.25, 0.3) is 0 Å². The van der Waals surface area contributed by atoms with Gasteiger partial charge in [-0.2, -0.15) is 0 Å². The van der Waals surface area contributed by atoms with E-state index in [1.807, 2.05) is 13.0 Å². The van der Waals surface area contributed by atoms with Crippen molar-refractivity contribution in [3.63, 3.8) is 0 Å². The third-order valence-electron chi connectivity index (χ3n) is 3.27. The van der Waals surface area contributed by atoms with Gasteiger partial charge in [-0.1, -0.05) is 48.1 Å². The van der Waals surface area contributed by atoms with Crippen molar-refractivity contribution in [3.8, 4) is 0 Å². The summed E-state index contributed by atoms with van der Waals surface area (Å²) in [6, 6.07) is 0. The van der Waals surface area contributed by atoms with Crippen LogP contribution >= 0.6 is 0 Å². The molecule has 1 aliphatic rings. The lowest BCUT2D eigenvalue weighted by molar-refractivity contribution is 0.578. The Labute approximate surface area is 105 Å². The summed E-state index contributed by atoms with van der Waals surface area (Å²) in [7, 11) is 0. The first-order valence-corrected chi connectivity index (χ1v) is 6.21. The first-order valence-electron chi connectivity index (χ1n) is 6.21. The van der Waals surface area contributed by atoms with Crippen molar-refractivity contribution in [2.75, 3.05) is 0 Å². The van der Waals surface area contributed by atoms with Crippen LogP contribution in [0.5, 0.6) is 0 Å². The van der Waals surface area contributed by atoms with E-state index in [0.29, 0.717) is 5.92 Å². The monoisotopic (exact) mass is 229 g/mol. The van der Waals surface area contributed by atoms with Crippen LogP contribution in [-0.2, 0) is 0 Å². The van der Waals surface area contributed by atoms with E-state index >= 15 is 0 Å². The minimum Gasteiger partial charge on any atom is -0.405 e. The van der Waals surface area contributed by atoms with Crippen LogP contribution in [0.15, 0.2) is 59.9 Å². The van der Waals surface area contributed by atoms with Crippen LogP contribution in [0.1, 0.15) is 33.1 Å². The highest BCUT2D eigenvalue weighted by molar-refractivity contribution is 5.28. The van der Waals surface area contributed by atoms with E-state index in [-0.39, 0.29) is 0 Å². The molecule has 1 unspecified atom stereocenters. The molecule has 0 spiro atoms. The largest absolute Gasteiger partial charge is 0.405 e. The van der Waals surface area contributed by atoms with Crippen molar-refractivity contribution >= 4 is 0 Å². The van der Waals surface area contributed by atoms with E-state index in [1.165, 1.54) is 16.7 Å². The molecule has 0 fully saturated rings. The van der Waals surface area contributed by atoms with Crippen molar-refractivity contribution in [2.24, 2.45) is 11.7 Å². The molecule has 1 atom stereocenters. The van der Waals surface area contributed by atoms with Gasteiger partial charge in [0.2, 0.25) is 0 Å². The Morgan fingerprint density at radius 3 is 2.94 bits per heavy atom. The topological polar surface area (TPSA) is 26.0 Å². The average molecular weight is 229 g/mol. The zero-order valence-electron chi connectivity index (χ0n) is 10.9. The van der Waals surface area contributed by atoms with Gasteiger partial charge < -0.3 is 5.73 Å². The van der Waals surface area contributed by atoms with Gasteiger partial charge in [0.1, 0.15) is 0 Å². The van der Waals surface area contributed by atoms with Gasteiger partial charge >= 0.3 is 0 Å². The molecule has 1 heteroatoms. The molecule has 0 aromatic carbocycles. The SMILES string of the molecule is C=C/C=C(\C=C/C)CC1C/C(=C\N)CC=C1C. The molecule has 1 rings (SSSR count). The maximum absolute atomic E-state index is 5.62. The van der Waals surface area contributed by atoms with Crippen LogP contribution in [0.2, 0.25) is 0 Å². The summed E-state index contributed by atoms with van der Waals surface area (Å²) in [6.07, 6.45) is 15.4. The summed E-state index contributed by atoms with van der Waals surface area (Å²) >= 11 is 0. The van der Waals surface area contributed by atoms with Gasteiger partial charge in [0.25, 0.3) is 0 Å². The maximum Gasteiger partial charge on any atom is -0.00671 e. The fourth-order valence-corrected chi connectivity index (χ4v) is 2.23. The molecule has 0 amide bonds. The van der Waals surface area contributed by atoms with Gasteiger partial charge in [-0.05, 0) is 50.8 Å². The van der Waals surface area contributed by atoms with Crippen molar-refractivity contribution in [3.05, 3.63) is 59.9 Å². The predicted octanol–water partition coefficient (Wildman–Crippen LogP) is 4.26. The number of hydrogen-bond acceptors (Lipinski definition) is 1. The zero-order chi connectivity index (χ0) is 12.7. The lowest BCUT2D eigenvalue weighted by atomic mass is 9.81. The minimum atomic E-state index is 0.584. The van der Waals surface area contributed by atoms with E-state index in [9.17, 15) is 0 Å². The summed E-state index contributed by atoms with van der Waals surface area (Å²) < 4.78 is 0. The fourth-order valence-electron chi connectivity index (χ4n) is 2.23. The smallest absolute Gasteiger partial charge is 0.00671 e. The van der Waals surface area contributed by atoms with Crippen LogP contribution in [-0.4, -0.2) is 0 Å². The van der Waals surface area contributed by atoms with E-state index in [2.05, 4.69) is 37.8 Å². The Morgan fingerprint density at radius 2 is 2.35 bits per heavy atom. The van der Waals surface area contributed by atoms with Crippen molar-refractivity contribution in [1.82, 2.24) is 0 Å².